The molecule has 110 valence electrons. The van der Waals surface area contributed by atoms with Crippen molar-refractivity contribution < 1.29 is 0 Å². The standard InChI is InChI=1S/C16H24ClN3/c1-19(2)16-14(17)5-4-6-15(16)18-11-9-12-7-8-13(10-11)20(12)3/h4-6,11-13,18H,7-10H2,1-3H3. The average Bonchev–Trinajstić information content (AvgIpc) is 2.62. The zero-order valence-electron chi connectivity index (χ0n) is 12.6. The van der Waals surface area contributed by atoms with Crippen molar-refractivity contribution in [2.45, 2.75) is 43.8 Å². The second-order valence-corrected chi connectivity index (χ2v) is 6.80. The number of fused-ring (bicyclic) bond motifs is 2. The van der Waals surface area contributed by atoms with Crippen molar-refractivity contribution in [3.8, 4) is 0 Å². The minimum atomic E-state index is 0.570. The fourth-order valence-electron chi connectivity index (χ4n) is 3.84. The number of nitrogens with one attached hydrogen (secondary N) is 1. The first-order chi connectivity index (χ1) is 9.56. The van der Waals surface area contributed by atoms with Crippen LogP contribution in [0.15, 0.2) is 18.2 Å². The highest BCUT2D eigenvalue weighted by Crippen LogP contribution is 2.38. The molecule has 0 spiro atoms. The first-order valence-corrected chi connectivity index (χ1v) is 7.88. The summed E-state index contributed by atoms with van der Waals surface area (Å²) in [5, 5.41) is 4.56. The van der Waals surface area contributed by atoms with Crippen molar-refractivity contribution >= 4 is 23.0 Å². The molecule has 1 N–H and O–H groups in total. The smallest absolute Gasteiger partial charge is 0.0786 e. The van der Waals surface area contributed by atoms with Gasteiger partial charge in [0.05, 0.1) is 16.4 Å². The Bertz CT molecular complexity index is 475. The van der Waals surface area contributed by atoms with Gasteiger partial charge in [-0.15, -0.1) is 0 Å². The summed E-state index contributed by atoms with van der Waals surface area (Å²) in [5.41, 5.74) is 2.26. The third-order valence-electron chi connectivity index (χ3n) is 4.89. The lowest BCUT2D eigenvalue weighted by Crippen LogP contribution is -2.44. The molecule has 4 heteroatoms. The van der Waals surface area contributed by atoms with Gasteiger partial charge < -0.3 is 15.1 Å². The molecule has 2 heterocycles. The zero-order valence-corrected chi connectivity index (χ0v) is 13.3. The fourth-order valence-corrected chi connectivity index (χ4v) is 4.18. The van der Waals surface area contributed by atoms with Gasteiger partial charge in [-0.1, -0.05) is 17.7 Å². The van der Waals surface area contributed by atoms with E-state index >= 15 is 0 Å². The van der Waals surface area contributed by atoms with Gasteiger partial charge >= 0.3 is 0 Å². The van der Waals surface area contributed by atoms with E-state index in [0.29, 0.717) is 6.04 Å². The van der Waals surface area contributed by atoms with Crippen LogP contribution in [-0.2, 0) is 0 Å². The monoisotopic (exact) mass is 293 g/mol. The number of hydrogen-bond donors (Lipinski definition) is 1. The SMILES string of the molecule is CN(C)c1c(Cl)cccc1NC1CC2CCC(C1)N2C. The molecule has 1 aromatic rings. The van der Waals surface area contributed by atoms with Gasteiger partial charge in [0.15, 0.2) is 0 Å². The molecule has 0 aromatic heterocycles. The molecule has 2 bridgehead atoms. The van der Waals surface area contributed by atoms with E-state index in [1.165, 1.54) is 25.7 Å². The van der Waals surface area contributed by atoms with Crippen LogP contribution in [0.3, 0.4) is 0 Å². The Kier molecular flexibility index (Phi) is 3.83. The Morgan fingerprint density at radius 3 is 2.45 bits per heavy atom. The van der Waals surface area contributed by atoms with E-state index in [1.54, 1.807) is 0 Å². The Labute approximate surface area is 126 Å². The van der Waals surface area contributed by atoms with E-state index in [1.807, 2.05) is 26.2 Å². The third-order valence-corrected chi connectivity index (χ3v) is 5.20. The summed E-state index contributed by atoms with van der Waals surface area (Å²) >= 11 is 6.35. The molecular weight excluding hydrogens is 270 g/mol. The molecular formula is C16H24ClN3. The quantitative estimate of drug-likeness (QED) is 0.921. The molecule has 2 unspecified atom stereocenters. The first kappa shape index (κ1) is 14.0. The van der Waals surface area contributed by atoms with Gasteiger partial charge in [0, 0.05) is 32.2 Å². The van der Waals surface area contributed by atoms with E-state index in [2.05, 4.69) is 28.2 Å². The van der Waals surface area contributed by atoms with Gasteiger partial charge in [-0.05, 0) is 44.9 Å². The summed E-state index contributed by atoms with van der Waals surface area (Å²) in [5.74, 6) is 0. The van der Waals surface area contributed by atoms with Crippen LogP contribution in [-0.4, -0.2) is 44.2 Å². The predicted molar refractivity (Wildman–Crippen MR) is 87.0 cm³/mol. The molecule has 2 aliphatic rings. The van der Waals surface area contributed by atoms with Crippen LogP contribution in [0.1, 0.15) is 25.7 Å². The summed E-state index contributed by atoms with van der Waals surface area (Å²) in [7, 11) is 6.37. The van der Waals surface area contributed by atoms with Gasteiger partial charge in [0.2, 0.25) is 0 Å². The molecule has 3 rings (SSSR count). The highest BCUT2D eigenvalue weighted by Gasteiger charge is 2.38. The van der Waals surface area contributed by atoms with Crippen molar-refractivity contribution in [2.75, 3.05) is 31.4 Å². The van der Waals surface area contributed by atoms with Gasteiger partial charge in [0.1, 0.15) is 0 Å². The highest BCUT2D eigenvalue weighted by molar-refractivity contribution is 6.34. The maximum Gasteiger partial charge on any atom is 0.0786 e. The van der Waals surface area contributed by atoms with E-state index in [4.69, 9.17) is 11.6 Å². The fraction of sp³-hybridized carbons (Fsp3) is 0.625. The number of para-hydroxylation sites is 1. The minimum absolute atomic E-state index is 0.570. The van der Waals surface area contributed by atoms with E-state index in [9.17, 15) is 0 Å². The van der Waals surface area contributed by atoms with Gasteiger partial charge in [-0.3, -0.25) is 0 Å². The van der Waals surface area contributed by atoms with Crippen molar-refractivity contribution in [1.82, 2.24) is 4.90 Å². The molecule has 2 saturated heterocycles. The Morgan fingerprint density at radius 1 is 1.20 bits per heavy atom. The number of piperidine rings is 1. The summed E-state index contributed by atoms with van der Waals surface area (Å²) in [6.07, 6.45) is 5.20. The maximum atomic E-state index is 6.35. The van der Waals surface area contributed by atoms with Crippen LogP contribution in [0.2, 0.25) is 5.02 Å². The predicted octanol–water partition coefficient (Wildman–Crippen LogP) is 3.44. The van der Waals surface area contributed by atoms with Gasteiger partial charge in [-0.25, -0.2) is 0 Å². The number of rotatable bonds is 3. The topological polar surface area (TPSA) is 18.5 Å². The van der Waals surface area contributed by atoms with Gasteiger partial charge in [0.25, 0.3) is 0 Å². The summed E-state index contributed by atoms with van der Waals surface area (Å²) in [4.78, 5) is 4.66. The molecule has 2 atom stereocenters. The minimum Gasteiger partial charge on any atom is -0.380 e. The highest BCUT2D eigenvalue weighted by atomic mass is 35.5. The van der Waals surface area contributed by atoms with Crippen LogP contribution in [0, 0.1) is 0 Å². The van der Waals surface area contributed by atoms with Crippen molar-refractivity contribution in [2.24, 2.45) is 0 Å². The Morgan fingerprint density at radius 2 is 1.85 bits per heavy atom. The second-order valence-electron chi connectivity index (χ2n) is 6.39. The molecule has 2 aliphatic heterocycles. The average molecular weight is 294 g/mol. The number of benzene rings is 1. The molecule has 0 aliphatic carbocycles. The van der Waals surface area contributed by atoms with Gasteiger partial charge in [-0.2, -0.15) is 0 Å². The van der Waals surface area contributed by atoms with E-state index in [0.717, 1.165) is 28.5 Å². The second kappa shape index (κ2) is 5.45. The molecule has 0 amide bonds. The van der Waals surface area contributed by atoms with Crippen LogP contribution >= 0.6 is 11.6 Å². The third kappa shape index (κ3) is 2.49. The summed E-state index contributed by atoms with van der Waals surface area (Å²) in [6.45, 7) is 0. The number of anilines is 2. The maximum absolute atomic E-state index is 6.35. The van der Waals surface area contributed by atoms with Crippen LogP contribution in [0.4, 0.5) is 11.4 Å². The Balaban J connectivity index is 1.77. The molecule has 0 radical (unpaired) electrons. The normalized spacial score (nSPS) is 29.5. The molecule has 1 aromatic carbocycles. The zero-order chi connectivity index (χ0) is 14.3. The number of halogens is 1. The lowest BCUT2D eigenvalue weighted by molar-refractivity contribution is 0.169. The first-order valence-electron chi connectivity index (χ1n) is 7.50. The van der Waals surface area contributed by atoms with Crippen molar-refractivity contribution in [3.05, 3.63) is 23.2 Å². The van der Waals surface area contributed by atoms with E-state index < -0.39 is 0 Å². The van der Waals surface area contributed by atoms with Crippen LogP contribution < -0.4 is 10.2 Å². The number of nitrogens with zero attached hydrogens (tertiary/aromatic N) is 2. The van der Waals surface area contributed by atoms with Crippen molar-refractivity contribution in [3.63, 3.8) is 0 Å². The molecule has 0 saturated carbocycles. The molecule has 2 fully saturated rings. The van der Waals surface area contributed by atoms with Crippen LogP contribution in [0.5, 0.6) is 0 Å². The molecule has 20 heavy (non-hydrogen) atoms. The lowest BCUT2D eigenvalue weighted by Gasteiger charge is -2.37. The molecule has 3 nitrogen and oxygen atoms in total. The largest absolute Gasteiger partial charge is 0.380 e. The Hall–Kier alpha value is -0.930. The van der Waals surface area contributed by atoms with E-state index in [-0.39, 0.29) is 0 Å². The summed E-state index contributed by atoms with van der Waals surface area (Å²) in [6, 6.07) is 8.21. The summed E-state index contributed by atoms with van der Waals surface area (Å²) < 4.78 is 0. The number of hydrogen-bond acceptors (Lipinski definition) is 3. The van der Waals surface area contributed by atoms with Crippen molar-refractivity contribution in [1.29, 1.82) is 0 Å². The van der Waals surface area contributed by atoms with Crippen LogP contribution in [0.25, 0.3) is 0 Å². The lowest BCUT2D eigenvalue weighted by atomic mass is 9.97.